The first-order chi connectivity index (χ1) is 7.77. The largest absolute Gasteiger partial charge is 0.388 e. The van der Waals surface area contributed by atoms with Gasteiger partial charge < -0.3 is 5.11 Å². The van der Waals surface area contributed by atoms with E-state index in [4.69, 9.17) is 11.6 Å². The second-order valence-corrected chi connectivity index (χ2v) is 5.06. The van der Waals surface area contributed by atoms with Crippen LogP contribution in [0.5, 0.6) is 0 Å². The standard InChI is InChI=1S/C13H13ClOS/c14-11-8-9-16-13(11)7-6-12(15)10-4-2-1-3-5-10/h1-5,8-9,12,15H,6-7H2. The highest BCUT2D eigenvalue weighted by Crippen LogP contribution is 2.26. The first-order valence-corrected chi connectivity index (χ1v) is 6.48. The number of aryl methyl sites for hydroxylation is 1. The van der Waals surface area contributed by atoms with Crippen molar-refractivity contribution in [3.8, 4) is 0 Å². The van der Waals surface area contributed by atoms with Crippen molar-refractivity contribution < 1.29 is 5.11 Å². The molecule has 0 radical (unpaired) electrons. The summed E-state index contributed by atoms with van der Waals surface area (Å²) in [5.74, 6) is 0. The molecule has 0 spiro atoms. The van der Waals surface area contributed by atoms with E-state index >= 15 is 0 Å². The van der Waals surface area contributed by atoms with Gasteiger partial charge in [-0.3, -0.25) is 0 Å². The van der Waals surface area contributed by atoms with Gasteiger partial charge in [-0.15, -0.1) is 11.3 Å². The zero-order valence-electron chi connectivity index (χ0n) is 8.77. The van der Waals surface area contributed by atoms with E-state index in [0.29, 0.717) is 6.42 Å². The van der Waals surface area contributed by atoms with Crippen LogP contribution in [-0.2, 0) is 6.42 Å². The molecule has 3 heteroatoms. The normalized spacial score (nSPS) is 12.6. The molecule has 0 saturated heterocycles. The van der Waals surface area contributed by atoms with Crippen LogP contribution >= 0.6 is 22.9 Å². The highest BCUT2D eigenvalue weighted by Gasteiger charge is 2.09. The summed E-state index contributed by atoms with van der Waals surface area (Å²) >= 11 is 7.64. The molecular weight excluding hydrogens is 240 g/mol. The average Bonchev–Trinajstić information content (AvgIpc) is 2.73. The molecule has 1 unspecified atom stereocenters. The maximum Gasteiger partial charge on any atom is 0.0793 e. The van der Waals surface area contributed by atoms with E-state index in [1.807, 2.05) is 41.8 Å². The van der Waals surface area contributed by atoms with Gasteiger partial charge in [0.15, 0.2) is 0 Å². The average molecular weight is 253 g/mol. The van der Waals surface area contributed by atoms with Gasteiger partial charge in [0, 0.05) is 4.88 Å². The molecule has 0 aliphatic heterocycles. The predicted molar refractivity (Wildman–Crippen MR) is 69.1 cm³/mol. The Kier molecular flexibility index (Phi) is 3.99. The lowest BCUT2D eigenvalue weighted by molar-refractivity contribution is 0.168. The Labute approximate surface area is 104 Å². The van der Waals surface area contributed by atoms with Crippen LogP contribution < -0.4 is 0 Å². The van der Waals surface area contributed by atoms with E-state index in [-0.39, 0.29) is 0 Å². The third-order valence-electron chi connectivity index (χ3n) is 2.52. The molecule has 0 aliphatic rings. The number of hydrogen-bond donors (Lipinski definition) is 1. The minimum atomic E-state index is -0.403. The summed E-state index contributed by atoms with van der Waals surface area (Å²) in [5, 5.41) is 12.8. The lowest BCUT2D eigenvalue weighted by Gasteiger charge is -2.09. The number of aliphatic hydroxyl groups is 1. The monoisotopic (exact) mass is 252 g/mol. The summed E-state index contributed by atoms with van der Waals surface area (Å²) in [7, 11) is 0. The molecule has 2 aromatic rings. The molecule has 1 atom stereocenters. The van der Waals surface area contributed by atoms with Gasteiger partial charge in [0.05, 0.1) is 11.1 Å². The lowest BCUT2D eigenvalue weighted by atomic mass is 10.0. The molecule has 1 heterocycles. The van der Waals surface area contributed by atoms with Crippen LogP contribution in [0.2, 0.25) is 5.02 Å². The van der Waals surface area contributed by atoms with E-state index in [1.54, 1.807) is 11.3 Å². The summed E-state index contributed by atoms with van der Waals surface area (Å²) in [5.41, 5.74) is 0.968. The quantitative estimate of drug-likeness (QED) is 0.870. The molecule has 0 amide bonds. The molecule has 16 heavy (non-hydrogen) atoms. The molecule has 1 nitrogen and oxygen atoms in total. The van der Waals surface area contributed by atoms with Crippen molar-refractivity contribution in [1.29, 1.82) is 0 Å². The van der Waals surface area contributed by atoms with Gasteiger partial charge in [0.1, 0.15) is 0 Å². The first-order valence-electron chi connectivity index (χ1n) is 5.22. The van der Waals surface area contributed by atoms with Gasteiger partial charge in [0.25, 0.3) is 0 Å². The van der Waals surface area contributed by atoms with E-state index in [9.17, 15) is 5.11 Å². The van der Waals surface area contributed by atoms with Crippen LogP contribution in [0, 0.1) is 0 Å². The Morgan fingerprint density at radius 2 is 1.94 bits per heavy atom. The number of thiophene rings is 1. The Hall–Kier alpha value is -0.830. The van der Waals surface area contributed by atoms with Crippen LogP contribution in [0.15, 0.2) is 41.8 Å². The summed E-state index contributed by atoms with van der Waals surface area (Å²) in [6.45, 7) is 0. The lowest BCUT2D eigenvalue weighted by Crippen LogP contribution is -1.98. The van der Waals surface area contributed by atoms with Crippen molar-refractivity contribution in [2.75, 3.05) is 0 Å². The Morgan fingerprint density at radius 1 is 1.19 bits per heavy atom. The second kappa shape index (κ2) is 5.48. The third kappa shape index (κ3) is 2.85. The molecule has 0 fully saturated rings. The molecule has 1 N–H and O–H groups in total. The number of halogens is 1. The van der Waals surface area contributed by atoms with Gasteiger partial charge in [-0.25, -0.2) is 0 Å². The van der Waals surface area contributed by atoms with E-state index in [2.05, 4.69) is 0 Å². The van der Waals surface area contributed by atoms with Crippen LogP contribution in [0.25, 0.3) is 0 Å². The fraction of sp³-hybridized carbons (Fsp3) is 0.231. The molecule has 84 valence electrons. The predicted octanol–water partition coefficient (Wildman–Crippen LogP) is 4.07. The van der Waals surface area contributed by atoms with E-state index in [0.717, 1.165) is 21.9 Å². The number of aliphatic hydroxyl groups excluding tert-OH is 1. The van der Waals surface area contributed by atoms with Crippen molar-refractivity contribution in [2.45, 2.75) is 18.9 Å². The zero-order chi connectivity index (χ0) is 11.4. The van der Waals surface area contributed by atoms with Gasteiger partial charge >= 0.3 is 0 Å². The minimum absolute atomic E-state index is 0.403. The molecular formula is C13H13ClOS. The highest BCUT2D eigenvalue weighted by atomic mass is 35.5. The van der Waals surface area contributed by atoms with Crippen molar-refractivity contribution in [1.82, 2.24) is 0 Å². The third-order valence-corrected chi connectivity index (χ3v) is 3.97. The number of rotatable bonds is 4. The highest BCUT2D eigenvalue weighted by molar-refractivity contribution is 7.10. The Bertz CT molecular complexity index is 438. The van der Waals surface area contributed by atoms with Crippen molar-refractivity contribution >= 4 is 22.9 Å². The van der Waals surface area contributed by atoms with Crippen LogP contribution in [0.1, 0.15) is 23.0 Å². The fourth-order valence-electron chi connectivity index (χ4n) is 1.61. The molecule has 0 aliphatic carbocycles. The first kappa shape index (κ1) is 11.6. The summed E-state index contributed by atoms with van der Waals surface area (Å²) in [6, 6.07) is 11.6. The van der Waals surface area contributed by atoms with Gasteiger partial charge in [-0.05, 0) is 29.9 Å². The Morgan fingerprint density at radius 3 is 2.56 bits per heavy atom. The smallest absolute Gasteiger partial charge is 0.0793 e. The van der Waals surface area contributed by atoms with Crippen molar-refractivity contribution in [3.05, 3.63) is 57.2 Å². The van der Waals surface area contributed by atoms with Gasteiger partial charge in [-0.1, -0.05) is 41.9 Å². The molecule has 2 rings (SSSR count). The van der Waals surface area contributed by atoms with Crippen LogP contribution in [0.4, 0.5) is 0 Å². The minimum Gasteiger partial charge on any atom is -0.388 e. The summed E-state index contributed by atoms with van der Waals surface area (Å²) in [6.07, 6.45) is 1.14. The van der Waals surface area contributed by atoms with Crippen LogP contribution in [-0.4, -0.2) is 5.11 Å². The summed E-state index contributed by atoms with van der Waals surface area (Å²) < 4.78 is 0. The molecule has 1 aromatic carbocycles. The molecule has 0 saturated carbocycles. The SMILES string of the molecule is OC(CCc1sccc1Cl)c1ccccc1. The number of hydrogen-bond acceptors (Lipinski definition) is 2. The fourth-order valence-corrected chi connectivity index (χ4v) is 2.76. The van der Waals surface area contributed by atoms with Gasteiger partial charge in [0.2, 0.25) is 0 Å². The van der Waals surface area contributed by atoms with E-state index in [1.165, 1.54) is 0 Å². The van der Waals surface area contributed by atoms with Crippen LogP contribution in [0.3, 0.4) is 0 Å². The number of benzene rings is 1. The second-order valence-electron chi connectivity index (χ2n) is 3.66. The zero-order valence-corrected chi connectivity index (χ0v) is 10.3. The van der Waals surface area contributed by atoms with Gasteiger partial charge in [-0.2, -0.15) is 0 Å². The maximum atomic E-state index is 9.97. The van der Waals surface area contributed by atoms with Crippen molar-refractivity contribution in [3.63, 3.8) is 0 Å². The van der Waals surface area contributed by atoms with Crippen molar-refractivity contribution in [2.24, 2.45) is 0 Å². The Balaban J connectivity index is 1.94. The maximum absolute atomic E-state index is 9.97. The summed E-state index contributed by atoms with van der Waals surface area (Å²) in [4.78, 5) is 1.15. The van der Waals surface area contributed by atoms with E-state index < -0.39 is 6.10 Å². The molecule has 0 bridgehead atoms. The molecule has 1 aromatic heterocycles. The topological polar surface area (TPSA) is 20.2 Å².